The quantitative estimate of drug-likeness (QED) is 0.755. The molecule has 0 aliphatic carbocycles. The monoisotopic (exact) mass is 203 g/mol. The van der Waals surface area contributed by atoms with Gasteiger partial charge in [-0.05, 0) is 31.2 Å². The van der Waals surface area contributed by atoms with E-state index in [1.807, 2.05) is 0 Å². The SMILES string of the molecule is CC#CCOc1ccc(C(=O)NC)cc1. The fourth-order valence-corrected chi connectivity index (χ4v) is 1.04. The van der Waals surface area contributed by atoms with Crippen molar-refractivity contribution in [1.82, 2.24) is 5.32 Å². The topological polar surface area (TPSA) is 38.3 Å². The van der Waals surface area contributed by atoms with Gasteiger partial charge in [0.25, 0.3) is 5.91 Å². The predicted octanol–water partition coefficient (Wildman–Crippen LogP) is 1.45. The highest BCUT2D eigenvalue weighted by atomic mass is 16.5. The Hall–Kier alpha value is -1.95. The van der Waals surface area contributed by atoms with Gasteiger partial charge in [-0.3, -0.25) is 4.79 Å². The van der Waals surface area contributed by atoms with E-state index in [0.29, 0.717) is 17.9 Å². The van der Waals surface area contributed by atoms with Crippen molar-refractivity contribution in [3.8, 4) is 17.6 Å². The maximum atomic E-state index is 11.2. The highest BCUT2D eigenvalue weighted by Gasteiger charge is 2.01. The molecule has 0 spiro atoms. The van der Waals surface area contributed by atoms with Gasteiger partial charge < -0.3 is 10.1 Å². The van der Waals surface area contributed by atoms with Crippen LogP contribution in [0.15, 0.2) is 24.3 Å². The molecular weight excluding hydrogens is 190 g/mol. The fraction of sp³-hybridized carbons (Fsp3) is 0.250. The number of hydrogen-bond acceptors (Lipinski definition) is 2. The first-order chi connectivity index (χ1) is 7.27. The third-order valence-electron chi connectivity index (χ3n) is 1.83. The lowest BCUT2D eigenvalue weighted by molar-refractivity contribution is 0.0963. The Labute approximate surface area is 89.4 Å². The van der Waals surface area contributed by atoms with Gasteiger partial charge in [-0.2, -0.15) is 0 Å². The van der Waals surface area contributed by atoms with Crippen molar-refractivity contribution < 1.29 is 9.53 Å². The first-order valence-corrected chi connectivity index (χ1v) is 4.62. The van der Waals surface area contributed by atoms with Crippen molar-refractivity contribution in [3.05, 3.63) is 29.8 Å². The first-order valence-electron chi connectivity index (χ1n) is 4.62. The first kappa shape index (κ1) is 11.1. The van der Waals surface area contributed by atoms with E-state index >= 15 is 0 Å². The molecule has 0 saturated heterocycles. The number of amides is 1. The lowest BCUT2D eigenvalue weighted by Gasteiger charge is -2.03. The van der Waals surface area contributed by atoms with Crippen LogP contribution in [0, 0.1) is 11.8 Å². The Balaban J connectivity index is 2.62. The maximum Gasteiger partial charge on any atom is 0.251 e. The zero-order chi connectivity index (χ0) is 11.1. The van der Waals surface area contributed by atoms with Gasteiger partial charge in [-0.1, -0.05) is 5.92 Å². The molecule has 3 nitrogen and oxygen atoms in total. The van der Waals surface area contributed by atoms with Crippen LogP contribution in [-0.2, 0) is 0 Å². The summed E-state index contributed by atoms with van der Waals surface area (Å²) in [4.78, 5) is 11.2. The van der Waals surface area contributed by atoms with Crippen LogP contribution in [0.5, 0.6) is 5.75 Å². The van der Waals surface area contributed by atoms with E-state index in [9.17, 15) is 4.79 Å². The van der Waals surface area contributed by atoms with Crippen LogP contribution in [-0.4, -0.2) is 19.6 Å². The Morgan fingerprint density at radius 1 is 1.40 bits per heavy atom. The summed E-state index contributed by atoms with van der Waals surface area (Å²) < 4.78 is 5.31. The average Bonchev–Trinajstić information content (AvgIpc) is 2.29. The van der Waals surface area contributed by atoms with Gasteiger partial charge in [-0.15, -0.1) is 5.92 Å². The highest BCUT2D eigenvalue weighted by molar-refractivity contribution is 5.94. The molecule has 0 aliphatic rings. The van der Waals surface area contributed by atoms with E-state index in [1.54, 1.807) is 38.2 Å². The number of ether oxygens (including phenoxy) is 1. The zero-order valence-corrected chi connectivity index (χ0v) is 8.83. The Morgan fingerprint density at radius 3 is 2.60 bits per heavy atom. The van der Waals surface area contributed by atoms with Gasteiger partial charge in [0.1, 0.15) is 12.4 Å². The molecule has 0 radical (unpaired) electrons. The summed E-state index contributed by atoms with van der Waals surface area (Å²) in [5.74, 6) is 6.14. The molecule has 0 atom stereocenters. The fourth-order valence-electron chi connectivity index (χ4n) is 1.04. The molecule has 1 rings (SSSR count). The van der Waals surface area contributed by atoms with Gasteiger partial charge in [0, 0.05) is 12.6 Å². The summed E-state index contributed by atoms with van der Waals surface area (Å²) in [7, 11) is 1.60. The molecule has 1 aromatic rings. The van der Waals surface area contributed by atoms with E-state index in [-0.39, 0.29) is 5.91 Å². The Morgan fingerprint density at radius 2 is 2.07 bits per heavy atom. The second kappa shape index (κ2) is 5.71. The van der Waals surface area contributed by atoms with E-state index in [4.69, 9.17) is 4.74 Å². The number of carbonyl (C=O) groups excluding carboxylic acids is 1. The van der Waals surface area contributed by atoms with Gasteiger partial charge in [0.2, 0.25) is 0 Å². The predicted molar refractivity (Wildman–Crippen MR) is 58.8 cm³/mol. The van der Waals surface area contributed by atoms with Gasteiger partial charge >= 0.3 is 0 Å². The lowest BCUT2D eigenvalue weighted by atomic mass is 10.2. The molecule has 1 amide bonds. The van der Waals surface area contributed by atoms with Crippen molar-refractivity contribution >= 4 is 5.91 Å². The van der Waals surface area contributed by atoms with Crippen molar-refractivity contribution in [2.75, 3.05) is 13.7 Å². The third kappa shape index (κ3) is 3.35. The minimum absolute atomic E-state index is 0.102. The van der Waals surface area contributed by atoms with Crippen molar-refractivity contribution in [1.29, 1.82) is 0 Å². The average molecular weight is 203 g/mol. The van der Waals surface area contributed by atoms with Gasteiger partial charge in [-0.25, -0.2) is 0 Å². The van der Waals surface area contributed by atoms with E-state index in [0.717, 1.165) is 0 Å². The molecule has 0 bridgehead atoms. The molecule has 0 heterocycles. The molecular formula is C12H13NO2. The van der Waals surface area contributed by atoms with E-state index < -0.39 is 0 Å². The molecule has 0 aliphatic heterocycles. The number of rotatable bonds is 3. The smallest absolute Gasteiger partial charge is 0.251 e. The van der Waals surface area contributed by atoms with E-state index in [1.165, 1.54) is 0 Å². The molecule has 78 valence electrons. The summed E-state index contributed by atoms with van der Waals surface area (Å²) >= 11 is 0. The Bertz CT molecular complexity index is 384. The van der Waals surface area contributed by atoms with Crippen LogP contribution in [0.3, 0.4) is 0 Å². The molecule has 0 unspecified atom stereocenters. The van der Waals surface area contributed by atoms with Crippen LogP contribution in [0.1, 0.15) is 17.3 Å². The van der Waals surface area contributed by atoms with Crippen molar-refractivity contribution in [2.24, 2.45) is 0 Å². The number of benzene rings is 1. The highest BCUT2D eigenvalue weighted by Crippen LogP contribution is 2.11. The second-order valence-corrected chi connectivity index (χ2v) is 2.82. The summed E-state index contributed by atoms with van der Waals surface area (Å²) in [5.41, 5.74) is 0.617. The summed E-state index contributed by atoms with van der Waals surface area (Å²) in [6.07, 6.45) is 0. The molecule has 1 N–H and O–H groups in total. The van der Waals surface area contributed by atoms with Gasteiger partial charge in [0.05, 0.1) is 0 Å². The van der Waals surface area contributed by atoms with Crippen LogP contribution in [0.4, 0.5) is 0 Å². The van der Waals surface area contributed by atoms with Crippen LogP contribution in [0.25, 0.3) is 0 Å². The van der Waals surface area contributed by atoms with Crippen molar-refractivity contribution in [3.63, 3.8) is 0 Å². The minimum Gasteiger partial charge on any atom is -0.481 e. The summed E-state index contributed by atoms with van der Waals surface area (Å²) in [5, 5.41) is 2.55. The van der Waals surface area contributed by atoms with Gasteiger partial charge in [0.15, 0.2) is 0 Å². The van der Waals surface area contributed by atoms with E-state index in [2.05, 4.69) is 17.2 Å². The largest absolute Gasteiger partial charge is 0.481 e. The van der Waals surface area contributed by atoms with Crippen LogP contribution in [0.2, 0.25) is 0 Å². The lowest BCUT2D eigenvalue weighted by Crippen LogP contribution is -2.17. The Kier molecular flexibility index (Phi) is 4.24. The minimum atomic E-state index is -0.102. The summed E-state index contributed by atoms with van der Waals surface area (Å²) in [6.45, 7) is 2.13. The van der Waals surface area contributed by atoms with Crippen LogP contribution < -0.4 is 10.1 Å². The zero-order valence-electron chi connectivity index (χ0n) is 8.83. The van der Waals surface area contributed by atoms with Crippen molar-refractivity contribution in [2.45, 2.75) is 6.92 Å². The normalized spacial score (nSPS) is 8.67. The van der Waals surface area contributed by atoms with Crippen LogP contribution >= 0.6 is 0 Å². The maximum absolute atomic E-state index is 11.2. The molecule has 0 fully saturated rings. The molecule has 1 aromatic carbocycles. The second-order valence-electron chi connectivity index (χ2n) is 2.82. The number of carbonyl (C=O) groups is 1. The standard InChI is InChI=1S/C12H13NO2/c1-3-4-9-15-11-7-5-10(6-8-11)12(14)13-2/h5-8H,9H2,1-2H3,(H,13,14). The number of hydrogen-bond donors (Lipinski definition) is 1. The summed E-state index contributed by atoms with van der Waals surface area (Å²) in [6, 6.07) is 6.94. The number of nitrogens with one attached hydrogen (secondary N) is 1. The molecule has 15 heavy (non-hydrogen) atoms. The molecule has 3 heteroatoms. The third-order valence-corrected chi connectivity index (χ3v) is 1.83. The molecule has 0 saturated carbocycles. The molecule has 0 aromatic heterocycles.